The van der Waals surface area contributed by atoms with Gasteiger partial charge in [0.05, 0.1) is 19.1 Å². The monoisotopic (exact) mass is 341 g/mol. The normalized spacial score (nSPS) is 24.0. The van der Waals surface area contributed by atoms with Crippen molar-refractivity contribution in [2.45, 2.75) is 25.4 Å². The molecule has 1 heterocycles. The lowest BCUT2D eigenvalue weighted by Gasteiger charge is -2.34. The van der Waals surface area contributed by atoms with Crippen molar-refractivity contribution in [3.63, 3.8) is 0 Å². The van der Waals surface area contributed by atoms with E-state index >= 15 is 0 Å². The topological polar surface area (TPSA) is 49.8 Å². The van der Waals surface area contributed by atoms with E-state index in [0.717, 1.165) is 10.9 Å². The van der Waals surface area contributed by atoms with Gasteiger partial charge < -0.3 is 9.84 Å². The second kappa shape index (κ2) is 6.70. The Morgan fingerprint density at radius 3 is 2.90 bits per heavy atom. The van der Waals surface area contributed by atoms with Crippen molar-refractivity contribution in [2.75, 3.05) is 20.3 Å². The molecule has 0 amide bonds. The number of carboxylic acid groups (broad SMARTS) is 1. The van der Waals surface area contributed by atoms with Gasteiger partial charge in [0.15, 0.2) is 0 Å². The number of hydrogen-bond acceptors (Lipinski definition) is 3. The van der Waals surface area contributed by atoms with Gasteiger partial charge >= 0.3 is 5.97 Å². The molecule has 0 bridgehead atoms. The van der Waals surface area contributed by atoms with E-state index < -0.39 is 11.9 Å². The minimum Gasteiger partial charge on any atom is -0.481 e. The molecule has 0 aliphatic carbocycles. The molecule has 3 unspecified atom stereocenters. The second-order valence-electron chi connectivity index (χ2n) is 5.19. The summed E-state index contributed by atoms with van der Waals surface area (Å²) in [6.07, 6.45) is 0.926. The van der Waals surface area contributed by atoms with E-state index in [4.69, 9.17) is 4.74 Å². The van der Waals surface area contributed by atoms with Crippen LogP contribution in [0.1, 0.15) is 24.9 Å². The predicted molar refractivity (Wildman–Crippen MR) is 80.7 cm³/mol. The molecule has 1 aromatic carbocycles. The van der Waals surface area contributed by atoms with Crippen molar-refractivity contribution in [1.82, 2.24) is 4.90 Å². The lowest BCUT2D eigenvalue weighted by atomic mass is 9.97. The molecule has 1 N–H and O–H groups in total. The maximum absolute atomic E-state index is 11.3. The molecule has 110 valence electrons. The largest absolute Gasteiger partial charge is 0.481 e. The number of benzene rings is 1. The van der Waals surface area contributed by atoms with E-state index in [-0.39, 0.29) is 12.1 Å². The number of likely N-dealkylation sites (N-methyl/N-ethyl adjacent to an activating group) is 1. The van der Waals surface area contributed by atoms with Crippen molar-refractivity contribution in [2.24, 2.45) is 5.92 Å². The van der Waals surface area contributed by atoms with Crippen LogP contribution in [0, 0.1) is 5.92 Å². The van der Waals surface area contributed by atoms with Crippen molar-refractivity contribution < 1.29 is 14.6 Å². The summed E-state index contributed by atoms with van der Waals surface area (Å²) < 4.78 is 6.42. The zero-order valence-corrected chi connectivity index (χ0v) is 13.3. The molecule has 1 saturated heterocycles. The van der Waals surface area contributed by atoms with Gasteiger partial charge in [-0.15, -0.1) is 0 Å². The van der Waals surface area contributed by atoms with E-state index in [1.807, 2.05) is 19.2 Å². The van der Waals surface area contributed by atoms with Crippen LogP contribution < -0.4 is 0 Å². The third-order valence-electron chi connectivity index (χ3n) is 4.00. The third kappa shape index (κ3) is 3.22. The number of aliphatic carboxylic acids is 1. The maximum atomic E-state index is 11.3. The average Bonchev–Trinajstić information content (AvgIpc) is 2.89. The Balaban J connectivity index is 2.20. The number of halogens is 1. The molecule has 1 aromatic rings. The minimum absolute atomic E-state index is 0.0727. The predicted octanol–water partition coefficient (Wildman–Crippen LogP) is 2.93. The molecule has 5 heteroatoms. The molecule has 0 radical (unpaired) electrons. The molecule has 1 aliphatic heterocycles. The molecule has 0 aromatic heterocycles. The van der Waals surface area contributed by atoms with Crippen LogP contribution in [0.2, 0.25) is 0 Å². The van der Waals surface area contributed by atoms with Crippen molar-refractivity contribution in [3.8, 4) is 0 Å². The average molecular weight is 342 g/mol. The van der Waals surface area contributed by atoms with Gasteiger partial charge in [0.1, 0.15) is 0 Å². The van der Waals surface area contributed by atoms with E-state index in [9.17, 15) is 9.90 Å². The van der Waals surface area contributed by atoms with Crippen LogP contribution in [0.25, 0.3) is 0 Å². The van der Waals surface area contributed by atoms with Crippen LogP contribution in [0.4, 0.5) is 0 Å². The SMILES string of the molecule is CCC(c1cccc(Br)c1)N(C)C1COCC1C(=O)O. The Hall–Kier alpha value is -0.910. The van der Waals surface area contributed by atoms with Crippen LogP contribution in [0.5, 0.6) is 0 Å². The summed E-state index contributed by atoms with van der Waals surface area (Å²) in [5.41, 5.74) is 1.19. The van der Waals surface area contributed by atoms with Gasteiger partial charge in [0, 0.05) is 16.6 Å². The summed E-state index contributed by atoms with van der Waals surface area (Å²) in [5, 5.41) is 9.29. The first-order valence-corrected chi connectivity index (χ1v) is 7.61. The van der Waals surface area contributed by atoms with Gasteiger partial charge in [-0.25, -0.2) is 0 Å². The Morgan fingerprint density at radius 2 is 2.30 bits per heavy atom. The zero-order chi connectivity index (χ0) is 14.7. The molecule has 0 saturated carbocycles. The Morgan fingerprint density at radius 1 is 1.55 bits per heavy atom. The molecular formula is C15H20BrNO3. The van der Waals surface area contributed by atoms with E-state index in [1.165, 1.54) is 5.56 Å². The quantitative estimate of drug-likeness (QED) is 0.894. The van der Waals surface area contributed by atoms with Crippen LogP contribution in [0.3, 0.4) is 0 Å². The first-order chi connectivity index (χ1) is 9.54. The molecule has 2 rings (SSSR count). The number of hydrogen-bond donors (Lipinski definition) is 1. The number of rotatable bonds is 5. The highest BCUT2D eigenvalue weighted by atomic mass is 79.9. The number of ether oxygens (including phenoxy) is 1. The number of carbonyl (C=O) groups is 1. The smallest absolute Gasteiger partial charge is 0.310 e. The molecule has 0 spiro atoms. The zero-order valence-electron chi connectivity index (χ0n) is 11.8. The second-order valence-corrected chi connectivity index (χ2v) is 6.11. The lowest BCUT2D eigenvalue weighted by Crippen LogP contribution is -2.42. The van der Waals surface area contributed by atoms with Crippen molar-refractivity contribution in [1.29, 1.82) is 0 Å². The number of carboxylic acids is 1. The summed E-state index contributed by atoms with van der Waals surface area (Å²) in [4.78, 5) is 13.5. The Kier molecular flexibility index (Phi) is 5.18. The van der Waals surface area contributed by atoms with E-state index in [1.54, 1.807) is 0 Å². The fourth-order valence-corrected chi connectivity index (χ4v) is 3.30. The summed E-state index contributed by atoms with van der Waals surface area (Å²) in [5.74, 6) is -1.22. The Labute approximate surface area is 127 Å². The van der Waals surface area contributed by atoms with Gasteiger partial charge in [0.25, 0.3) is 0 Å². The van der Waals surface area contributed by atoms with Gasteiger partial charge in [-0.3, -0.25) is 9.69 Å². The first-order valence-electron chi connectivity index (χ1n) is 6.82. The highest BCUT2D eigenvalue weighted by molar-refractivity contribution is 9.10. The Bertz CT molecular complexity index is 480. The van der Waals surface area contributed by atoms with Crippen molar-refractivity contribution >= 4 is 21.9 Å². The summed E-state index contributed by atoms with van der Waals surface area (Å²) >= 11 is 3.49. The van der Waals surface area contributed by atoms with E-state index in [2.05, 4.69) is 39.9 Å². The fourth-order valence-electron chi connectivity index (χ4n) is 2.88. The highest BCUT2D eigenvalue weighted by Gasteiger charge is 2.38. The molecular weight excluding hydrogens is 322 g/mol. The highest BCUT2D eigenvalue weighted by Crippen LogP contribution is 2.31. The molecule has 1 fully saturated rings. The van der Waals surface area contributed by atoms with Gasteiger partial charge in [0.2, 0.25) is 0 Å². The standard InChI is InChI=1S/C15H20BrNO3/c1-3-13(10-5-4-6-11(16)7-10)17(2)14-9-20-8-12(14)15(18)19/h4-7,12-14H,3,8-9H2,1-2H3,(H,18,19). The van der Waals surface area contributed by atoms with E-state index in [0.29, 0.717) is 13.2 Å². The van der Waals surface area contributed by atoms with Crippen LogP contribution in [0.15, 0.2) is 28.7 Å². The van der Waals surface area contributed by atoms with Gasteiger partial charge in [-0.1, -0.05) is 35.0 Å². The maximum Gasteiger partial charge on any atom is 0.310 e. The first kappa shape index (κ1) is 15.5. The van der Waals surface area contributed by atoms with Crippen LogP contribution in [-0.2, 0) is 9.53 Å². The molecule has 20 heavy (non-hydrogen) atoms. The molecule has 4 nitrogen and oxygen atoms in total. The third-order valence-corrected chi connectivity index (χ3v) is 4.50. The van der Waals surface area contributed by atoms with Crippen LogP contribution >= 0.6 is 15.9 Å². The summed E-state index contributed by atoms with van der Waals surface area (Å²) in [6, 6.07) is 8.31. The lowest BCUT2D eigenvalue weighted by molar-refractivity contribution is -0.143. The van der Waals surface area contributed by atoms with Gasteiger partial charge in [-0.05, 0) is 31.2 Å². The molecule has 3 atom stereocenters. The van der Waals surface area contributed by atoms with Crippen molar-refractivity contribution in [3.05, 3.63) is 34.3 Å². The van der Waals surface area contributed by atoms with Gasteiger partial charge in [-0.2, -0.15) is 0 Å². The summed E-state index contributed by atoms with van der Waals surface area (Å²) in [7, 11) is 1.99. The summed E-state index contributed by atoms with van der Waals surface area (Å²) in [6.45, 7) is 2.91. The molecule has 1 aliphatic rings. The fraction of sp³-hybridized carbons (Fsp3) is 0.533. The minimum atomic E-state index is -0.775. The van der Waals surface area contributed by atoms with Crippen LogP contribution in [-0.4, -0.2) is 42.3 Å². The number of nitrogens with zero attached hydrogens (tertiary/aromatic N) is 1.